The van der Waals surface area contributed by atoms with Crippen LogP contribution >= 0.6 is 0 Å². The third-order valence-corrected chi connectivity index (χ3v) is 1.71. The fraction of sp³-hybridized carbons (Fsp3) is 0.182. The first-order chi connectivity index (χ1) is 6.65. The predicted molar refractivity (Wildman–Crippen MR) is 55.2 cm³/mol. The molecule has 1 rings (SSSR count). The molecule has 3 heteroatoms. The molecule has 0 atom stereocenters. The average Bonchev–Trinajstić information content (AvgIpc) is 2.15. The minimum absolute atomic E-state index is 0.0986. The van der Waals surface area contributed by atoms with Crippen molar-refractivity contribution in [3.63, 3.8) is 0 Å². The molecule has 0 aliphatic rings. The Morgan fingerprint density at radius 3 is 2.43 bits per heavy atom. The summed E-state index contributed by atoms with van der Waals surface area (Å²) < 4.78 is 12.6. The van der Waals surface area contributed by atoms with E-state index in [0.29, 0.717) is 17.8 Å². The van der Waals surface area contributed by atoms with Gasteiger partial charge < -0.3 is 5.11 Å². The van der Waals surface area contributed by atoms with Gasteiger partial charge in [-0.1, -0.05) is 6.58 Å². The molecule has 0 aliphatic carbocycles. The van der Waals surface area contributed by atoms with Gasteiger partial charge in [0, 0.05) is 12.1 Å². The minimum Gasteiger partial charge on any atom is -0.506 e. The Morgan fingerprint density at radius 2 is 2.00 bits per heavy atom. The molecular weight excluding hydrogens is 181 g/mol. The minimum atomic E-state index is -0.312. The van der Waals surface area contributed by atoms with E-state index in [1.807, 2.05) is 6.92 Å². The molecule has 0 saturated carbocycles. The number of allylic oxidation sites excluding steroid dienone is 1. The van der Waals surface area contributed by atoms with Gasteiger partial charge in [0.15, 0.2) is 0 Å². The van der Waals surface area contributed by atoms with Crippen molar-refractivity contribution in [1.29, 1.82) is 0 Å². The molecular formula is C11H12FNO. The van der Waals surface area contributed by atoms with Crippen LogP contribution in [0.3, 0.4) is 0 Å². The topological polar surface area (TPSA) is 32.6 Å². The summed E-state index contributed by atoms with van der Waals surface area (Å²) in [5.41, 5.74) is 1.08. The Labute approximate surface area is 82.4 Å². The Bertz CT molecular complexity index is 354. The van der Waals surface area contributed by atoms with Crippen LogP contribution in [-0.2, 0) is 0 Å². The molecule has 0 radical (unpaired) electrons. The highest BCUT2D eigenvalue weighted by Crippen LogP contribution is 2.08. The molecule has 0 saturated heterocycles. The van der Waals surface area contributed by atoms with E-state index in [-0.39, 0.29) is 11.6 Å². The van der Waals surface area contributed by atoms with Crippen molar-refractivity contribution in [3.8, 4) is 0 Å². The first kappa shape index (κ1) is 10.4. The first-order valence-electron chi connectivity index (χ1n) is 4.33. The molecule has 0 bridgehead atoms. The highest BCUT2D eigenvalue weighted by atomic mass is 19.1. The van der Waals surface area contributed by atoms with E-state index in [0.717, 1.165) is 0 Å². The van der Waals surface area contributed by atoms with Gasteiger partial charge in [0.25, 0.3) is 0 Å². The summed E-state index contributed by atoms with van der Waals surface area (Å²) in [5, 5.41) is 9.25. The maximum Gasteiger partial charge on any atom is 0.134 e. The van der Waals surface area contributed by atoms with Gasteiger partial charge in [-0.2, -0.15) is 0 Å². The van der Waals surface area contributed by atoms with Crippen molar-refractivity contribution in [2.75, 3.05) is 6.54 Å². The smallest absolute Gasteiger partial charge is 0.134 e. The van der Waals surface area contributed by atoms with E-state index in [1.54, 1.807) is 12.1 Å². The van der Waals surface area contributed by atoms with Gasteiger partial charge in [0.2, 0.25) is 0 Å². The number of aliphatic hydroxyl groups excluding tert-OH is 1. The molecule has 0 amide bonds. The lowest BCUT2D eigenvalue weighted by atomic mass is 10.1. The van der Waals surface area contributed by atoms with E-state index in [9.17, 15) is 9.50 Å². The van der Waals surface area contributed by atoms with Crippen LogP contribution in [0.15, 0.2) is 41.6 Å². The molecule has 14 heavy (non-hydrogen) atoms. The first-order valence-corrected chi connectivity index (χ1v) is 4.33. The number of rotatable bonds is 3. The van der Waals surface area contributed by atoms with Crippen molar-refractivity contribution in [2.45, 2.75) is 6.92 Å². The van der Waals surface area contributed by atoms with Crippen molar-refractivity contribution >= 4 is 5.71 Å². The van der Waals surface area contributed by atoms with Crippen LogP contribution in [-0.4, -0.2) is 17.4 Å². The summed E-state index contributed by atoms with van der Waals surface area (Å²) in [7, 11) is 0. The molecule has 0 aliphatic heterocycles. The van der Waals surface area contributed by atoms with Crippen LogP contribution in [0.5, 0.6) is 0 Å². The fourth-order valence-electron chi connectivity index (χ4n) is 1.12. The lowest BCUT2D eigenvalue weighted by Crippen LogP contribution is -2.04. The molecule has 1 N–H and O–H groups in total. The van der Waals surface area contributed by atoms with Crippen molar-refractivity contribution in [2.24, 2.45) is 4.99 Å². The van der Waals surface area contributed by atoms with Gasteiger partial charge in [-0.15, -0.1) is 0 Å². The van der Waals surface area contributed by atoms with Crippen LogP contribution < -0.4 is 0 Å². The fourth-order valence-corrected chi connectivity index (χ4v) is 1.12. The SMILES string of the molecule is C=C(O)/C(=N\CC)c1ccc(F)cc1. The Morgan fingerprint density at radius 1 is 1.43 bits per heavy atom. The number of benzene rings is 1. The number of hydrogen-bond donors (Lipinski definition) is 1. The lowest BCUT2D eigenvalue weighted by molar-refractivity contribution is 0.446. The van der Waals surface area contributed by atoms with E-state index in [4.69, 9.17) is 0 Å². The quantitative estimate of drug-likeness (QED) is 0.581. The Hall–Kier alpha value is -1.64. The second kappa shape index (κ2) is 4.56. The maximum absolute atomic E-state index is 12.6. The standard InChI is InChI=1S/C11H12FNO/c1-3-13-11(8(2)14)9-4-6-10(12)7-5-9/h4-7,14H,2-3H2,1H3/b13-11+. The molecule has 0 spiro atoms. The Balaban J connectivity index is 3.06. The molecule has 0 fully saturated rings. The number of aliphatic imine (C=N–C) groups is 1. The molecule has 1 aromatic rings. The van der Waals surface area contributed by atoms with Gasteiger partial charge in [-0.3, -0.25) is 4.99 Å². The molecule has 2 nitrogen and oxygen atoms in total. The van der Waals surface area contributed by atoms with Crippen LogP contribution in [0, 0.1) is 5.82 Å². The van der Waals surface area contributed by atoms with E-state index < -0.39 is 0 Å². The van der Waals surface area contributed by atoms with Gasteiger partial charge in [-0.25, -0.2) is 4.39 Å². The van der Waals surface area contributed by atoms with Crippen molar-refractivity contribution in [3.05, 3.63) is 48.0 Å². The summed E-state index contributed by atoms with van der Waals surface area (Å²) >= 11 is 0. The zero-order valence-electron chi connectivity index (χ0n) is 8.00. The molecule has 0 unspecified atom stereocenters. The lowest BCUT2D eigenvalue weighted by Gasteiger charge is -2.04. The van der Waals surface area contributed by atoms with Crippen LogP contribution in [0.25, 0.3) is 0 Å². The number of aliphatic hydroxyl groups is 1. The van der Waals surface area contributed by atoms with E-state index >= 15 is 0 Å². The zero-order valence-corrected chi connectivity index (χ0v) is 8.00. The van der Waals surface area contributed by atoms with Gasteiger partial charge in [0.1, 0.15) is 17.3 Å². The highest BCUT2D eigenvalue weighted by molar-refractivity contribution is 6.10. The van der Waals surface area contributed by atoms with Crippen molar-refractivity contribution < 1.29 is 9.50 Å². The molecule has 74 valence electrons. The second-order valence-electron chi connectivity index (χ2n) is 2.78. The summed E-state index contributed by atoms with van der Waals surface area (Å²) in [6, 6.07) is 5.77. The van der Waals surface area contributed by atoms with E-state index in [2.05, 4.69) is 11.6 Å². The maximum atomic E-state index is 12.6. The van der Waals surface area contributed by atoms with Gasteiger partial charge in [0.05, 0.1) is 0 Å². The average molecular weight is 193 g/mol. The summed E-state index contributed by atoms with van der Waals surface area (Å²) in [5.74, 6) is -0.411. The third kappa shape index (κ3) is 2.42. The summed E-state index contributed by atoms with van der Waals surface area (Å²) in [6.45, 7) is 5.81. The Kier molecular flexibility index (Phi) is 3.40. The summed E-state index contributed by atoms with van der Waals surface area (Å²) in [6.07, 6.45) is 0. The van der Waals surface area contributed by atoms with E-state index in [1.165, 1.54) is 12.1 Å². The molecule has 0 heterocycles. The largest absolute Gasteiger partial charge is 0.506 e. The summed E-state index contributed by atoms with van der Waals surface area (Å²) in [4.78, 5) is 4.07. The molecule has 0 aromatic heterocycles. The van der Waals surface area contributed by atoms with Crippen LogP contribution in [0.1, 0.15) is 12.5 Å². The molecule has 1 aromatic carbocycles. The van der Waals surface area contributed by atoms with Crippen LogP contribution in [0.2, 0.25) is 0 Å². The number of nitrogens with zero attached hydrogens (tertiary/aromatic N) is 1. The highest BCUT2D eigenvalue weighted by Gasteiger charge is 2.05. The van der Waals surface area contributed by atoms with Crippen LogP contribution in [0.4, 0.5) is 4.39 Å². The number of hydrogen-bond acceptors (Lipinski definition) is 2. The monoisotopic (exact) mass is 193 g/mol. The van der Waals surface area contributed by atoms with Gasteiger partial charge >= 0.3 is 0 Å². The second-order valence-corrected chi connectivity index (χ2v) is 2.78. The predicted octanol–water partition coefficient (Wildman–Crippen LogP) is 2.71. The zero-order chi connectivity index (χ0) is 10.6. The van der Waals surface area contributed by atoms with Crippen molar-refractivity contribution in [1.82, 2.24) is 0 Å². The van der Waals surface area contributed by atoms with Gasteiger partial charge in [-0.05, 0) is 31.2 Å². The third-order valence-electron chi connectivity index (χ3n) is 1.71. The normalized spacial score (nSPS) is 11.4. The number of halogens is 1.